The zero-order chi connectivity index (χ0) is 24.2. The number of likely N-dealkylation sites (tertiary alicyclic amines) is 2. The lowest BCUT2D eigenvalue weighted by Gasteiger charge is -2.30. The molecule has 5 heterocycles. The minimum absolute atomic E-state index is 0.0167. The molecule has 35 heavy (non-hydrogen) atoms. The average molecular weight is 480 g/mol. The summed E-state index contributed by atoms with van der Waals surface area (Å²) >= 11 is 0. The maximum absolute atomic E-state index is 12.8. The van der Waals surface area contributed by atoms with Gasteiger partial charge in [0.2, 0.25) is 5.91 Å². The van der Waals surface area contributed by atoms with Crippen molar-refractivity contribution in [2.45, 2.75) is 38.6 Å². The molecule has 0 atom stereocenters. The summed E-state index contributed by atoms with van der Waals surface area (Å²) in [4.78, 5) is 26.4. The number of nitrogens with zero attached hydrogens (tertiary/aromatic N) is 6. The number of aryl methyl sites for hydroxylation is 1. The van der Waals surface area contributed by atoms with Gasteiger partial charge in [-0.05, 0) is 64.0 Å². The van der Waals surface area contributed by atoms with Crippen molar-refractivity contribution < 1.29 is 9.18 Å². The smallest absolute Gasteiger partial charge is 0.228 e. The first-order chi connectivity index (χ1) is 17.1. The summed E-state index contributed by atoms with van der Waals surface area (Å²) in [5.41, 5.74) is 4.08. The predicted octanol–water partition coefficient (Wildman–Crippen LogP) is 3.64. The summed E-state index contributed by atoms with van der Waals surface area (Å²) in [6, 6.07) is 3.99. The first-order valence-corrected chi connectivity index (χ1v) is 12.7. The van der Waals surface area contributed by atoms with Crippen LogP contribution in [0.2, 0.25) is 0 Å². The van der Waals surface area contributed by atoms with E-state index in [4.69, 9.17) is 0 Å². The van der Waals surface area contributed by atoms with Crippen LogP contribution in [0.3, 0.4) is 0 Å². The van der Waals surface area contributed by atoms with E-state index in [1.165, 1.54) is 25.0 Å². The van der Waals surface area contributed by atoms with Crippen molar-refractivity contribution in [2.75, 3.05) is 44.7 Å². The summed E-state index contributed by atoms with van der Waals surface area (Å²) < 4.78 is 14.5. The second kappa shape index (κ2) is 10.8. The van der Waals surface area contributed by atoms with Crippen molar-refractivity contribution in [3.8, 4) is 11.1 Å². The van der Waals surface area contributed by atoms with Crippen LogP contribution in [0.5, 0.6) is 0 Å². The molecule has 0 aliphatic carbocycles. The van der Waals surface area contributed by atoms with Gasteiger partial charge in [-0.15, -0.1) is 0 Å². The molecule has 8 nitrogen and oxygen atoms in total. The molecule has 186 valence electrons. The molecule has 0 saturated carbocycles. The Kier molecular flexibility index (Phi) is 7.34. The molecule has 0 bridgehead atoms. The minimum atomic E-state index is -0.341. The van der Waals surface area contributed by atoms with Crippen molar-refractivity contribution in [1.29, 1.82) is 0 Å². The van der Waals surface area contributed by atoms with E-state index in [-0.39, 0.29) is 18.5 Å². The second-order valence-corrected chi connectivity index (χ2v) is 9.75. The van der Waals surface area contributed by atoms with E-state index in [9.17, 15) is 9.18 Å². The molecule has 2 saturated heterocycles. The van der Waals surface area contributed by atoms with Crippen molar-refractivity contribution in [2.24, 2.45) is 13.0 Å². The number of anilines is 1. The first kappa shape index (κ1) is 23.8. The van der Waals surface area contributed by atoms with Gasteiger partial charge in [-0.1, -0.05) is 6.42 Å². The van der Waals surface area contributed by atoms with Gasteiger partial charge >= 0.3 is 0 Å². The predicted molar refractivity (Wildman–Crippen MR) is 135 cm³/mol. The van der Waals surface area contributed by atoms with E-state index in [0.29, 0.717) is 12.4 Å². The highest BCUT2D eigenvalue weighted by Gasteiger charge is 2.25. The third kappa shape index (κ3) is 5.51. The molecule has 9 heteroatoms. The van der Waals surface area contributed by atoms with E-state index >= 15 is 0 Å². The van der Waals surface area contributed by atoms with Crippen LogP contribution in [0.1, 0.15) is 37.8 Å². The van der Waals surface area contributed by atoms with Crippen LogP contribution in [-0.2, 0) is 18.4 Å². The zero-order valence-electron chi connectivity index (χ0n) is 20.4. The number of carbonyl (C=O) groups is 1. The van der Waals surface area contributed by atoms with Crippen molar-refractivity contribution in [1.82, 2.24) is 29.5 Å². The van der Waals surface area contributed by atoms with E-state index in [1.54, 1.807) is 6.20 Å². The highest BCUT2D eigenvalue weighted by molar-refractivity contribution is 5.94. The van der Waals surface area contributed by atoms with Crippen molar-refractivity contribution in [3.05, 3.63) is 36.4 Å². The monoisotopic (exact) mass is 479 g/mol. The van der Waals surface area contributed by atoms with Gasteiger partial charge in [0, 0.05) is 48.8 Å². The number of nitrogens with one attached hydrogen (secondary N) is 1. The van der Waals surface area contributed by atoms with Crippen LogP contribution >= 0.6 is 0 Å². The number of fused-ring (bicyclic) bond motifs is 1. The number of piperidine rings is 2. The number of carbonyl (C=O) groups excluding carboxylic acids is 1. The van der Waals surface area contributed by atoms with Gasteiger partial charge in [-0.25, -0.2) is 9.37 Å². The lowest BCUT2D eigenvalue weighted by Crippen LogP contribution is -2.39. The second-order valence-electron chi connectivity index (χ2n) is 9.75. The Morgan fingerprint density at radius 1 is 1.03 bits per heavy atom. The van der Waals surface area contributed by atoms with Crippen molar-refractivity contribution in [3.63, 3.8) is 0 Å². The number of rotatable bonds is 7. The molecule has 1 amide bonds. The van der Waals surface area contributed by atoms with Crippen LogP contribution in [0.15, 0.2) is 30.7 Å². The molecule has 2 aliphatic heterocycles. The molecule has 3 aromatic heterocycles. The molecule has 1 N–H and O–H groups in total. The summed E-state index contributed by atoms with van der Waals surface area (Å²) in [7, 11) is 2.00. The molecule has 2 fully saturated rings. The Morgan fingerprint density at radius 3 is 2.60 bits per heavy atom. The van der Waals surface area contributed by atoms with Crippen LogP contribution < -0.4 is 5.32 Å². The largest absolute Gasteiger partial charge is 0.310 e. The Balaban J connectivity index is 1.31. The molecule has 0 unspecified atom stereocenters. The normalized spacial score (nSPS) is 18.2. The van der Waals surface area contributed by atoms with Gasteiger partial charge in [0.1, 0.15) is 12.5 Å². The maximum atomic E-state index is 12.8. The quantitative estimate of drug-likeness (QED) is 0.558. The maximum Gasteiger partial charge on any atom is 0.228 e. The van der Waals surface area contributed by atoms with E-state index in [1.807, 2.05) is 30.2 Å². The van der Waals surface area contributed by atoms with Gasteiger partial charge < -0.3 is 10.2 Å². The lowest BCUT2D eigenvalue weighted by atomic mass is 9.96. The summed E-state index contributed by atoms with van der Waals surface area (Å²) in [6.45, 7) is 4.76. The number of amides is 1. The first-order valence-electron chi connectivity index (χ1n) is 12.7. The number of aromatic nitrogens is 4. The SMILES string of the molecule is Cn1ncc(-c2cnc3cnc(NC(=O)C4CCN(CCF)CC4)cc3c2)c1CN1CCCCC1. The standard InChI is InChI=1S/C26H34FN7O/c1-32-24(18-34-8-3-2-4-9-34)22(16-30-32)21-13-20-14-25(29-17-23(20)28-15-21)31-26(35)19-5-10-33(11-6-19)12-7-27/h13-17,19H,2-12,18H2,1H3,(H,29,31,35). The zero-order valence-corrected chi connectivity index (χ0v) is 20.4. The highest BCUT2D eigenvalue weighted by Crippen LogP contribution is 2.28. The fourth-order valence-corrected chi connectivity index (χ4v) is 5.23. The minimum Gasteiger partial charge on any atom is -0.310 e. The van der Waals surface area contributed by atoms with Gasteiger partial charge in [0.25, 0.3) is 0 Å². The third-order valence-corrected chi connectivity index (χ3v) is 7.37. The molecule has 2 aliphatic rings. The van der Waals surface area contributed by atoms with Gasteiger partial charge in [0.05, 0.1) is 23.6 Å². The average Bonchev–Trinajstić information content (AvgIpc) is 3.24. The Bertz CT molecular complexity index is 1170. The fourth-order valence-electron chi connectivity index (χ4n) is 5.23. The summed E-state index contributed by atoms with van der Waals surface area (Å²) in [5, 5.41) is 8.45. The molecule has 0 radical (unpaired) electrons. The number of hydrogen-bond acceptors (Lipinski definition) is 6. The highest BCUT2D eigenvalue weighted by atomic mass is 19.1. The van der Waals surface area contributed by atoms with E-state index in [0.717, 1.165) is 67.6 Å². The number of halogens is 1. The Labute approximate surface area is 205 Å². The number of hydrogen-bond donors (Lipinski definition) is 1. The van der Waals surface area contributed by atoms with E-state index in [2.05, 4.69) is 36.2 Å². The molecule has 0 aromatic carbocycles. The lowest BCUT2D eigenvalue weighted by molar-refractivity contribution is -0.121. The molecular formula is C26H34FN7O. The van der Waals surface area contributed by atoms with Gasteiger partial charge in [-0.2, -0.15) is 5.10 Å². The fraction of sp³-hybridized carbons (Fsp3) is 0.538. The number of pyridine rings is 2. The molecular weight excluding hydrogens is 445 g/mol. The van der Waals surface area contributed by atoms with E-state index < -0.39 is 0 Å². The van der Waals surface area contributed by atoms with Gasteiger partial charge in [-0.3, -0.25) is 19.4 Å². The van der Waals surface area contributed by atoms with Gasteiger partial charge in [0.15, 0.2) is 0 Å². The summed E-state index contributed by atoms with van der Waals surface area (Å²) in [5.74, 6) is 0.449. The van der Waals surface area contributed by atoms with Crippen LogP contribution in [0.4, 0.5) is 10.2 Å². The summed E-state index contributed by atoms with van der Waals surface area (Å²) in [6.07, 6.45) is 10.8. The van der Waals surface area contributed by atoms with Crippen LogP contribution in [0.25, 0.3) is 22.0 Å². The van der Waals surface area contributed by atoms with Crippen LogP contribution in [-0.4, -0.2) is 74.9 Å². The molecule has 3 aromatic rings. The Morgan fingerprint density at radius 2 is 1.83 bits per heavy atom. The third-order valence-electron chi connectivity index (χ3n) is 7.37. The van der Waals surface area contributed by atoms with Crippen molar-refractivity contribution >= 4 is 22.6 Å². The van der Waals surface area contributed by atoms with Crippen LogP contribution in [0, 0.1) is 5.92 Å². The number of alkyl halides is 1. The molecule has 0 spiro atoms. The molecule has 5 rings (SSSR count). The Hall–Kier alpha value is -2.91. The topological polar surface area (TPSA) is 79.2 Å².